The van der Waals surface area contributed by atoms with Crippen LogP contribution in [0.1, 0.15) is 33.6 Å². The Balaban J connectivity index is 1.39. The third kappa shape index (κ3) is 5.91. The molecular weight excluding hydrogens is 465 g/mol. The van der Waals surface area contributed by atoms with Crippen LogP contribution in [-0.2, 0) is 4.74 Å². The van der Waals surface area contributed by atoms with Gasteiger partial charge in [0.15, 0.2) is 17.5 Å². The first-order valence-electron chi connectivity index (χ1n) is 10.6. The lowest BCUT2D eigenvalue weighted by Crippen LogP contribution is -2.44. The topological polar surface area (TPSA) is 109 Å². The van der Waals surface area contributed by atoms with E-state index in [2.05, 4.69) is 30.5 Å². The van der Waals surface area contributed by atoms with E-state index in [0.29, 0.717) is 46.4 Å². The number of hydrogen-bond acceptors (Lipinski definition) is 7. The molecule has 0 radical (unpaired) electrons. The fourth-order valence-corrected chi connectivity index (χ4v) is 3.73. The van der Waals surface area contributed by atoms with Crippen LogP contribution in [0.15, 0.2) is 30.5 Å². The van der Waals surface area contributed by atoms with Gasteiger partial charge in [-0.05, 0) is 57.9 Å². The Labute approximate surface area is 201 Å². The van der Waals surface area contributed by atoms with Crippen LogP contribution < -0.4 is 5.32 Å². The van der Waals surface area contributed by atoms with Crippen molar-refractivity contribution in [3.05, 3.63) is 40.5 Å². The summed E-state index contributed by atoms with van der Waals surface area (Å²) in [7, 11) is 0. The molecule has 174 valence electrons. The molecule has 0 unspecified atom stereocenters. The molecular formula is C22H25Cl2N7O2. The van der Waals surface area contributed by atoms with Gasteiger partial charge in [-0.25, -0.2) is 14.8 Å². The van der Waals surface area contributed by atoms with Crippen molar-refractivity contribution < 1.29 is 9.53 Å². The number of benzene rings is 1. The first-order chi connectivity index (χ1) is 15.7. The summed E-state index contributed by atoms with van der Waals surface area (Å²) in [6, 6.07) is 7.22. The molecule has 4 rings (SSSR count). The molecule has 0 bridgehead atoms. The summed E-state index contributed by atoms with van der Waals surface area (Å²) < 4.78 is 5.46. The molecule has 1 fully saturated rings. The molecule has 1 aliphatic rings. The van der Waals surface area contributed by atoms with E-state index in [-0.39, 0.29) is 12.1 Å². The van der Waals surface area contributed by atoms with Gasteiger partial charge in [0.25, 0.3) is 0 Å². The number of hydrogen-bond donors (Lipinski definition) is 2. The number of rotatable bonds is 4. The number of aromatic nitrogens is 5. The summed E-state index contributed by atoms with van der Waals surface area (Å²) in [5.74, 6) is 2.09. The van der Waals surface area contributed by atoms with E-state index < -0.39 is 5.60 Å². The number of amides is 1. The van der Waals surface area contributed by atoms with Crippen LogP contribution in [0.4, 0.5) is 10.6 Å². The fraction of sp³-hybridized carbons (Fsp3) is 0.409. The highest BCUT2D eigenvalue weighted by atomic mass is 35.5. The second-order valence-corrected chi connectivity index (χ2v) is 9.62. The molecule has 2 N–H and O–H groups in total. The molecule has 1 saturated heterocycles. The molecule has 0 aliphatic carbocycles. The van der Waals surface area contributed by atoms with Crippen molar-refractivity contribution in [1.29, 1.82) is 0 Å². The normalized spacial score (nSPS) is 14.9. The number of carbonyl (C=O) groups excluding carboxylic acids is 1. The molecule has 1 amide bonds. The Bertz CT molecular complexity index is 1140. The highest BCUT2D eigenvalue weighted by molar-refractivity contribution is 6.42. The minimum Gasteiger partial charge on any atom is -0.444 e. The average Bonchev–Trinajstić information content (AvgIpc) is 3.26. The molecule has 1 aliphatic heterocycles. The van der Waals surface area contributed by atoms with Crippen molar-refractivity contribution >= 4 is 35.1 Å². The third-order valence-corrected chi connectivity index (χ3v) is 5.78. The van der Waals surface area contributed by atoms with E-state index in [1.165, 1.54) is 0 Å². The summed E-state index contributed by atoms with van der Waals surface area (Å²) in [4.78, 5) is 26.0. The fourth-order valence-electron chi connectivity index (χ4n) is 3.43. The van der Waals surface area contributed by atoms with E-state index in [1.54, 1.807) is 35.4 Å². The number of aromatic amines is 1. The van der Waals surface area contributed by atoms with Gasteiger partial charge in [0.2, 0.25) is 0 Å². The molecule has 2 aromatic heterocycles. The molecule has 3 heterocycles. The molecule has 11 heteroatoms. The monoisotopic (exact) mass is 489 g/mol. The maximum atomic E-state index is 12.3. The van der Waals surface area contributed by atoms with Crippen molar-refractivity contribution in [1.82, 2.24) is 30.0 Å². The number of piperidine rings is 1. The SMILES string of the molecule is CC(C)(C)OC(=O)N1CCC(Nc2ccnc(-c3nnc(-c4ccc(Cl)c(Cl)c4)[nH]3)n2)CC1. The van der Waals surface area contributed by atoms with E-state index in [4.69, 9.17) is 27.9 Å². The van der Waals surface area contributed by atoms with Crippen LogP contribution >= 0.6 is 23.2 Å². The van der Waals surface area contributed by atoms with Crippen molar-refractivity contribution in [2.75, 3.05) is 18.4 Å². The lowest BCUT2D eigenvalue weighted by atomic mass is 10.1. The first-order valence-corrected chi connectivity index (χ1v) is 11.4. The van der Waals surface area contributed by atoms with E-state index in [0.717, 1.165) is 18.4 Å². The van der Waals surface area contributed by atoms with Gasteiger partial charge in [0.05, 0.1) is 10.0 Å². The van der Waals surface area contributed by atoms with E-state index in [9.17, 15) is 4.79 Å². The Hall–Kier alpha value is -2.91. The Kier molecular flexibility index (Phi) is 6.71. The second kappa shape index (κ2) is 9.52. The molecule has 0 spiro atoms. The van der Waals surface area contributed by atoms with Crippen LogP contribution in [0.5, 0.6) is 0 Å². The lowest BCUT2D eigenvalue weighted by molar-refractivity contribution is 0.0210. The average molecular weight is 490 g/mol. The largest absolute Gasteiger partial charge is 0.444 e. The van der Waals surface area contributed by atoms with Crippen molar-refractivity contribution in [2.45, 2.75) is 45.3 Å². The molecule has 0 saturated carbocycles. The maximum absolute atomic E-state index is 12.3. The smallest absolute Gasteiger partial charge is 0.410 e. The number of ether oxygens (including phenoxy) is 1. The van der Waals surface area contributed by atoms with Gasteiger partial charge < -0.3 is 19.9 Å². The zero-order valence-electron chi connectivity index (χ0n) is 18.6. The zero-order valence-corrected chi connectivity index (χ0v) is 20.1. The number of carbonyl (C=O) groups is 1. The van der Waals surface area contributed by atoms with Crippen molar-refractivity contribution in [3.8, 4) is 23.0 Å². The van der Waals surface area contributed by atoms with Crippen LogP contribution in [0.3, 0.4) is 0 Å². The highest BCUT2D eigenvalue weighted by Gasteiger charge is 2.27. The van der Waals surface area contributed by atoms with Gasteiger partial charge in [-0.3, -0.25) is 0 Å². The van der Waals surface area contributed by atoms with Crippen LogP contribution in [0.2, 0.25) is 10.0 Å². The number of nitrogens with zero attached hydrogens (tertiary/aromatic N) is 5. The highest BCUT2D eigenvalue weighted by Crippen LogP contribution is 2.27. The number of likely N-dealkylation sites (tertiary alicyclic amines) is 1. The molecule has 0 atom stereocenters. The summed E-state index contributed by atoms with van der Waals surface area (Å²) in [5.41, 5.74) is 0.262. The predicted molar refractivity (Wildman–Crippen MR) is 127 cm³/mol. The first kappa shape index (κ1) is 23.3. The third-order valence-electron chi connectivity index (χ3n) is 5.05. The number of anilines is 1. The summed E-state index contributed by atoms with van der Waals surface area (Å²) in [6.07, 6.45) is 2.99. The summed E-state index contributed by atoms with van der Waals surface area (Å²) in [5, 5.41) is 12.7. The van der Waals surface area contributed by atoms with Crippen molar-refractivity contribution in [3.63, 3.8) is 0 Å². The van der Waals surface area contributed by atoms with E-state index >= 15 is 0 Å². The van der Waals surface area contributed by atoms with Gasteiger partial charge in [0, 0.05) is 30.9 Å². The van der Waals surface area contributed by atoms with Gasteiger partial charge >= 0.3 is 6.09 Å². The molecule has 9 nitrogen and oxygen atoms in total. The van der Waals surface area contributed by atoms with Crippen molar-refractivity contribution in [2.24, 2.45) is 0 Å². The van der Waals surface area contributed by atoms with Gasteiger partial charge in [-0.15, -0.1) is 10.2 Å². The number of halogens is 2. The predicted octanol–water partition coefficient (Wildman–Crippen LogP) is 5.05. The Morgan fingerprint density at radius 3 is 2.55 bits per heavy atom. The lowest BCUT2D eigenvalue weighted by Gasteiger charge is -2.33. The van der Waals surface area contributed by atoms with Crippen LogP contribution in [0.25, 0.3) is 23.0 Å². The number of H-pyrrole nitrogens is 1. The maximum Gasteiger partial charge on any atom is 0.410 e. The quantitative estimate of drug-likeness (QED) is 0.527. The minimum absolute atomic E-state index is 0.188. The zero-order chi connectivity index (χ0) is 23.6. The summed E-state index contributed by atoms with van der Waals surface area (Å²) >= 11 is 12.1. The molecule has 3 aromatic rings. The van der Waals surface area contributed by atoms with Gasteiger partial charge in [-0.1, -0.05) is 23.2 Å². The Morgan fingerprint density at radius 1 is 1.12 bits per heavy atom. The minimum atomic E-state index is -0.496. The molecule has 33 heavy (non-hydrogen) atoms. The van der Waals surface area contributed by atoms with Gasteiger partial charge in [0.1, 0.15) is 11.4 Å². The number of nitrogens with one attached hydrogen (secondary N) is 2. The second-order valence-electron chi connectivity index (χ2n) is 8.80. The van der Waals surface area contributed by atoms with Gasteiger partial charge in [-0.2, -0.15) is 0 Å². The van der Waals surface area contributed by atoms with Crippen LogP contribution in [0, 0.1) is 0 Å². The Morgan fingerprint density at radius 2 is 1.85 bits per heavy atom. The standard InChI is InChI=1S/C22H25Cl2N7O2/c1-22(2,3)33-21(32)31-10-7-14(8-11-31)26-17-6-9-25-19(27-17)20-28-18(29-30-20)13-4-5-15(23)16(24)12-13/h4-6,9,12,14H,7-8,10-11H2,1-3H3,(H,25,26,27)(H,28,29,30). The molecule has 1 aromatic carbocycles. The van der Waals surface area contributed by atoms with Crippen LogP contribution in [-0.4, -0.2) is 60.9 Å². The van der Waals surface area contributed by atoms with E-state index in [1.807, 2.05) is 20.8 Å². The summed E-state index contributed by atoms with van der Waals surface area (Å²) in [6.45, 7) is 6.86.